The fourth-order valence-corrected chi connectivity index (χ4v) is 1.89. The number of nitrogens with zero attached hydrogens (tertiary/aromatic N) is 3. The summed E-state index contributed by atoms with van der Waals surface area (Å²) in [7, 11) is 2.01. The van der Waals surface area contributed by atoms with E-state index in [-0.39, 0.29) is 6.04 Å². The Labute approximate surface area is 91.8 Å². The van der Waals surface area contributed by atoms with E-state index in [1.165, 1.54) is 10.9 Å². The van der Waals surface area contributed by atoms with Gasteiger partial charge in [0.1, 0.15) is 0 Å². The number of likely N-dealkylation sites (tertiary alicyclic amines) is 1. The predicted molar refractivity (Wildman–Crippen MR) is 51.8 cm³/mol. The van der Waals surface area contributed by atoms with Crippen molar-refractivity contribution in [3.63, 3.8) is 0 Å². The van der Waals surface area contributed by atoms with Crippen LogP contribution in [0.1, 0.15) is 24.6 Å². The molecule has 2 rings (SSSR count). The summed E-state index contributed by atoms with van der Waals surface area (Å²) in [5, 5.41) is 3.55. The molecule has 0 aliphatic carbocycles. The molecule has 0 atom stereocenters. The second-order valence-corrected chi connectivity index (χ2v) is 4.13. The Kier molecular flexibility index (Phi) is 2.92. The quantitative estimate of drug-likeness (QED) is 0.738. The van der Waals surface area contributed by atoms with E-state index < -0.39 is 11.9 Å². The molecule has 1 aromatic rings. The number of halogens is 3. The van der Waals surface area contributed by atoms with Crippen molar-refractivity contribution in [2.24, 2.45) is 0 Å². The van der Waals surface area contributed by atoms with Gasteiger partial charge in [0.25, 0.3) is 0 Å². The number of piperidine rings is 1. The molecule has 1 aliphatic rings. The third-order valence-corrected chi connectivity index (χ3v) is 2.88. The van der Waals surface area contributed by atoms with E-state index in [9.17, 15) is 13.2 Å². The Morgan fingerprint density at radius 1 is 1.38 bits per heavy atom. The van der Waals surface area contributed by atoms with E-state index in [1.54, 1.807) is 0 Å². The van der Waals surface area contributed by atoms with Crippen molar-refractivity contribution in [3.8, 4) is 0 Å². The summed E-state index contributed by atoms with van der Waals surface area (Å²) in [6.07, 6.45) is -1.41. The number of hydrogen-bond acceptors (Lipinski definition) is 2. The lowest BCUT2D eigenvalue weighted by Gasteiger charge is -2.28. The van der Waals surface area contributed by atoms with Crippen molar-refractivity contribution in [1.29, 1.82) is 0 Å². The molecule has 3 nitrogen and oxygen atoms in total. The van der Waals surface area contributed by atoms with Gasteiger partial charge in [0, 0.05) is 12.3 Å². The molecular weight excluding hydrogens is 219 g/mol. The van der Waals surface area contributed by atoms with Crippen molar-refractivity contribution in [2.45, 2.75) is 25.1 Å². The first-order valence-electron chi connectivity index (χ1n) is 5.19. The summed E-state index contributed by atoms with van der Waals surface area (Å²) in [6.45, 7) is 1.79. The standard InChI is InChI=1S/C10H13F3N3/c1-15-5-2-8(3-6-15)16-7-4-9(14-16)10(11,12)13/h7-8H,2-3,5-6H2,1H3. The maximum atomic E-state index is 12.3. The number of alkyl halides is 3. The lowest BCUT2D eigenvalue weighted by Crippen LogP contribution is -2.31. The number of aromatic nitrogens is 2. The molecule has 6 heteroatoms. The Balaban J connectivity index is 2.08. The van der Waals surface area contributed by atoms with Crippen LogP contribution in [0.25, 0.3) is 0 Å². The van der Waals surface area contributed by atoms with Crippen molar-refractivity contribution in [1.82, 2.24) is 14.7 Å². The van der Waals surface area contributed by atoms with Gasteiger partial charge < -0.3 is 4.90 Å². The van der Waals surface area contributed by atoms with Crippen LogP contribution in [0.3, 0.4) is 0 Å². The van der Waals surface area contributed by atoms with E-state index in [4.69, 9.17) is 0 Å². The summed E-state index contributed by atoms with van der Waals surface area (Å²) in [5.74, 6) is 0. The highest BCUT2D eigenvalue weighted by molar-refractivity contribution is 5.02. The smallest absolute Gasteiger partial charge is 0.306 e. The van der Waals surface area contributed by atoms with Crippen molar-refractivity contribution < 1.29 is 13.2 Å². The molecule has 0 amide bonds. The zero-order chi connectivity index (χ0) is 11.8. The minimum Gasteiger partial charge on any atom is -0.306 e. The van der Waals surface area contributed by atoms with Crippen LogP contribution in [-0.2, 0) is 6.18 Å². The molecule has 0 bridgehead atoms. The highest BCUT2D eigenvalue weighted by atomic mass is 19.4. The highest BCUT2D eigenvalue weighted by Crippen LogP contribution is 2.29. The third-order valence-electron chi connectivity index (χ3n) is 2.88. The molecule has 1 aromatic heterocycles. The lowest BCUT2D eigenvalue weighted by molar-refractivity contribution is -0.141. The van der Waals surface area contributed by atoms with E-state index >= 15 is 0 Å². The Bertz CT molecular complexity index is 350. The van der Waals surface area contributed by atoms with Crippen molar-refractivity contribution in [2.75, 3.05) is 20.1 Å². The summed E-state index contributed by atoms with van der Waals surface area (Å²) < 4.78 is 38.3. The van der Waals surface area contributed by atoms with E-state index in [0.29, 0.717) is 0 Å². The van der Waals surface area contributed by atoms with Gasteiger partial charge in [0.2, 0.25) is 0 Å². The monoisotopic (exact) mass is 232 g/mol. The Morgan fingerprint density at radius 3 is 2.50 bits per heavy atom. The molecule has 0 unspecified atom stereocenters. The maximum absolute atomic E-state index is 12.3. The van der Waals surface area contributed by atoms with Crippen molar-refractivity contribution >= 4 is 0 Å². The molecule has 1 radical (unpaired) electrons. The predicted octanol–water partition coefficient (Wildman–Crippen LogP) is 1.97. The Morgan fingerprint density at radius 2 is 2.00 bits per heavy atom. The first kappa shape index (κ1) is 11.4. The first-order valence-corrected chi connectivity index (χ1v) is 5.19. The Hall–Kier alpha value is -1.04. The van der Waals surface area contributed by atoms with Crippen LogP contribution in [-0.4, -0.2) is 34.8 Å². The minimum atomic E-state index is -4.39. The van der Waals surface area contributed by atoms with Gasteiger partial charge in [-0.1, -0.05) is 0 Å². The number of rotatable bonds is 1. The zero-order valence-corrected chi connectivity index (χ0v) is 8.96. The van der Waals surface area contributed by atoms with Gasteiger partial charge in [0.15, 0.2) is 5.69 Å². The molecule has 0 N–H and O–H groups in total. The summed E-state index contributed by atoms with van der Waals surface area (Å²) >= 11 is 0. The minimum absolute atomic E-state index is 0.0727. The van der Waals surface area contributed by atoms with Crippen LogP contribution in [0.4, 0.5) is 13.2 Å². The van der Waals surface area contributed by atoms with E-state index in [0.717, 1.165) is 25.9 Å². The van der Waals surface area contributed by atoms with Crippen LogP contribution in [0, 0.1) is 6.07 Å². The molecule has 1 saturated heterocycles. The average Bonchev–Trinajstić information content (AvgIpc) is 2.67. The normalized spacial score (nSPS) is 20.2. The van der Waals surface area contributed by atoms with Crippen LogP contribution in [0.15, 0.2) is 6.20 Å². The van der Waals surface area contributed by atoms with E-state index in [1.807, 2.05) is 7.05 Å². The molecule has 1 aliphatic heterocycles. The fourth-order valence-electron chi connectivity index (χ4n) is 1.89. The van der Waals surface area contributed by atoms with Gasteiger partial charge in [-0.25, -0.2) is 0 Å². The SMILES string of the molecule is CN1CCC(n2c[c]c(C(F)(F)F)n2)CC1. The maximum Gasteiger partial charge on any atom is 0.435 e. The molecule has 0 aromatic carbocycles. The summed E-state index contributed by atoms with van der Waals surface area (Å²) in [6, 6.07) is 2.24. The van der Waals surface area contributed by atoms with Gasteiger partial charge >= 0.3 is 6.18 Å². The van der Waals surface area contributed by atoms with Crippen LogP contribution >= 0.6 is 0 Å². The molecule has 2 heterocycles. The molecule has 16 heavy (non-hydrogen) atoms. The van der Waals surface area contributed by atoms with Crippen LogP contribution in [0.2, 0.25) is 0 Å². The molecule has 0 saturated carbocycles. The lowest BCUT2D eigenvalue weighted by atomic mass is 10.1. The third kappa shape index (κ3) is 2.37. The molecular formula is C10H13F3N3. The van der Waals surface area contributed by atoms with E-state index in [2.05, 4.69) is 16.1 Å². The summed E-state index contributed by atoms with van der Waals surface area (Å²) in [5.41, 5.74) is -0.925. The molecule has 1 fully saturated rings. The van der Waals surface area contributed by atoms with Gasteiger partial charge in [0.05, 0.1) is 6.04 Å². The fraction of sp³-hybridized carbons (Fsp3) is 0.700. The zero-order valence-electron chi connectivity index (χ0n) is 8.96. The van der Waals surface area contributed by atoms with Crippen LogP contribution in [0.5, 0.6) is 0 Å². The van der Waals surface area contributed by atoms with Gasteiger partial charge in [-0.3, -0.25) is 4.68 Å². The number of hydrogen-bond donors (Lipinski definition) is 0. The average molecular weight is 232 g/mol. The molecule has 89 valence electrons. The first-order chi connectivity index (χ1) is 7.47. The molecule has 0 spiro atoms. The van der Waals surface area contributed by atoms with Gasteiger partial charge in [-0.05, 0) is 33.0 Å². The largest absolute Gasteiger partial charge is 0.435 e. The summed E-state index contributed by atoms with van der Waals surface area (Å²) in [4.78, 5) is 2.16. The van der Waals surface area contributed by atoms with Gasteiger partial charge in [-0.2, -0.15) is 18.3 Å². The van der Waals surface area contributed by atoms with Crippen molar-refractivity contribution in [3.05, 3.63) is 18.0 Å². The second kappa shape index (κ2) is 4.08. The van der Waals surface area contributed by atoms with Gasteiger partial charge in [-0.15, -0.1) is 0 Å². The van der Waals surface area contributed by atoms with Crippen LogP contribution < -0.4 is 0 Å². The highest BCUT2D eigenvalue weighted by Gasteiger charge is 2.34. The topological polar surface area (TPSA) is 21.1 Å². The second-order valence-electron chi connectivity index (χ2n) is 4.13.